The fourth-order valence-corrected chi connectivity index (χ4v) is 3.49. The number of methoxy groups -OCH3 is 1. The number of anilines is 2. The number of amides is 3. The maximum absolute atomic E-state index is 12.4. The zero-order chi connectivity index (χ0) is 21.2. The Kier molecular flexibility index (Phi) is 8.17. The Labute approximate surface area is 177 Å². The third-order valence-corrected chi connectivity index (χ3v) is 5.07. The molecule has 3 amide bonds. The zero-order valence-electron chi connectivity index (χ0n) is 17.3. The Morgan fingerprint density at radius 1 is 1.10 bits per heavy atom. The van der Waals surface area contributed by atoms with Crippen LogP contribution in [0.1, 0.15) is 18.4 Å². The highest BCUT2D eigenvalue weighted by atomic mass is 16.5. The van der Waals surface area contributed by atoms with E-state index in [2.05, 4.69) is 38.0 Å². The van der Waals surface area contributed by atoms with Crippen molar-refractivity contribution in [3.8, 4) is 0 Å². The first-order valence-corrected chi connectivity index (χ1v) is 10.2. The van der Waals surface area contributed by atoms with Crippen molar-refractivity contribution in [3.63, 3.8) is 0 Å². The van der Waals surface area contributed by atoms with Gasteiger partial charge in [-0.2, -0.15) is 0 Å². The van der Waals surface area contributed by atoms with Crippen molar-refractivity contribution in [3.05, 3.63) is 54.4 Å². The second kappa shape index (κ2) is 11.3. The molecule has 0 spiro atoms. The molecule has 1 aromatic carbocycles. The number of benzene rings is 1. The molecule has 1 aliphatic rings. The van der Waals surface area contributed by atoms with Gasteiger partial charge in [-0.15, -0.1) is 0 Å². The molecule has 8 heteroatoms. The lowest BCUT2D eigenvalue weighted by molar-refractivity contribution is -0.119. The van der Waals surface area contributed by atoms with Gasteiger partial charge in [0, 0.05) is 56.6 Å². The molecule has 1 aromatic heterocycles. The molecule has 2 aromatic rings. The summed E-state index contributed by atoms with van der Waals surface area (Å²) >= 11 is 0. The molecule has 3 N–H and O–H groups in total. The number of hydrogen-bond donors (Lipinski definition) is 3. The Morgan fingerprint density at radius 2 is 1.80 bits per heavy atom. The molecule has 3 rings (SSSR count). The Hall–Kier alpha value is -2.97. The number of pyridine rings is 1. The molecular formula is C22H29N5O3. The summed E-state index contributed by atoms with van der Waals surface area (Å²) in [6.07, 6.45) is 6.52. The molecule has 1 saturated heterocycles. The van der Waals surface area contributed by atoms with Crippen molar-refractivity contribution in [2.24, 2.45) is 0 Å². The molecule has 2 heterocycles. The van der Waals surface area contributed by atoms with Crippen LogP contribution in [0.25, 0.3) is 0 Å². The number of ether oxygens (including phenoxy) is 1. The van der Waals surface area contributed by atoms with E-state index in [9.17, 15) is 9.59 Å². The van der Waals surface area contributed by atoms with E-state index in [0.29, 0.717) is 11.4 Å². The van der Waals surface area contributed by atoms with Gasteiger partial charge in [0.15, 0.2) is 0 Å². The smallest absolute Gasteiger partial charge is 0.319 e. The second-order valence-electron chi connectivity index (χ2n) is 7.38. The van der Waals surface area contributed by atoms with Gasteiger partial charge in [0.2, 0.25) is 5.91 Å². The van der Waals surface area contributed by atoms with E-state index < -0.39 is 0 Å². The number of carbonyl (C=O) groups is 2. The van der Waals surface area contributed by atoms with Gasteiger partial charge < -0.3 is 25.6 Å². The molecular weight excluding hydrogens is 382 g/mol. The highest BCUT2D eigenvalue weighted by molar-refractivity contribution is 5.94. The number of aromatic nitrogens is 1. The van der Waals surface area contributed by atoms with Gasteiger partial charge in [-0.3, -0.25) is 9.78 Å². The molecule has 8 nitrogen and oxygen atoms in total. The van der Waals surface area contributed by atoms with Crippen molar-refractivity contribution in [1.82, 2.24) is 15.2 Å². The third kappa shape index (κ3) is 7.13. The van der Waals surface area contributed by atoms with E-state index in [1.165, 1.54) is 12.7 Å². The van der Waals surface area contributed by atoms with Crippen LogP contribution in [0.2, 0.25) is 0 Å². The Morgan fingerprint density at radius 3 is 2.50 bits per heavy atom. The zero-order valence-corrected chi connectivity index (χ0v) is 17.3. The summed E-state index contributed by atoms with van der Waals surface area (Å²) in [6, 6.07) is 11.1. The van der Waals surface area contributed by atoms with Crippen molar-refractivity contribution in [1.29, 1.82) is 0 Å². The molecule has 160 valence electrons. The van der Waals surface area contributed by atoms with Gasteiger partial charge in [-0.1, -0.05) is 6.07 Å². The average Bonchev–Trinajstić information content (AvgIpc) is 2.74. The second-order valence-corrected chi connectivity index (χ2v) is 7.38. The first-order chi connectivity index (χ1) is 14.6. The molecule has 0 aliphatic carbocycles. The van der Waals surface area contributed by atoms with Crippen LogP contribution in [-0.4, -0.2) is 61.2 Å². The van der Waals surface area contributed by atoms with Gasteiger partial charge in [0.25, 0.3) is 0 Å². The molecule has 0 bridgehead atoms. The SMILES string of the molecule is COCC(=O)Nc1cccc(NC(=O)NC2CCN(CCc3ccncc3)CC2)c1. The highest BCUT2D eigenvalue weighted by Gasteiger charge is 2.20. The van der Waals surface area contributed by atoms with Crippen molar-refractivity contribution in [2.45, 2.75) is 25.3 Å². The minimum atomic E-state index is -0.241. The number of urea groups is 1. The van der Waals surface area contributed by atoms with E-state index in [1.807, 2.05) is 12.4 Å². The molecule has 1 aliphatic heterocycles. The van der Waals surface area contributed by atoms with Crippen LogP contribution in [0, 0.1) is 0 Å². The number of carbonyl (C=O) groups excluding carboxylic acids is 2. The van der Waals surface area contributed by atoms with Crippen LogP contribution in [0.15, 0.2) is 48.8 Å². The average molecular weight is 412 g/mol. The number of nitrogens with zero attached hydrogens (tertiary/aromatic N) is 2. The number of piperidine rings is 1. The summed E-state index contributed by atoms with van der Waals surface area (Å²) in [5.41, 5.74) is 2.53. The normalized spacial score (nSPS) is 14.8. The van der Waals surface area contributed by atoms with Crippen LogP contribution in [0.3, 0.4) is 0 Å². The minimum absolute atomic E-state index is 0.0145. The summed E-state index contributed by atoms with van der Waals surface area (Å²) in [5, 5.41) is 8.61. The lowest BCUT2D eigenvalue weighted by atomic mass is 10.0. The third-order valence-electron chi connectivity index (χ3n) is 5.07. The van der Waals surface area contributed by atoms with E-state index in [1.54, 1.807) is 24.3 Å². The van der Waals surface area contributed by atoms with E-state index in [0.717, 1.165) is 38.9 Å². The Bertz CT molecular complexity index is 823. The van der Waals surface area contributed by atoms with Crippen molar-refractivity contribution >= 4 is 23.3 Å². The maximum atomic E-state index is 12.4. The number of rotatable bonds is 8. The largest absolute Gasteiger partial charge is 0.375 e. The van der Waals surface area contributed by atoms with Crippen LogP contribution in [-0.2, 0) is 16.0 Å². The minimum Gasteiger partial charge on any atom is -0.375 e. The fourth-order valence-electron chi connectivity index (χ4n) is 3.49. The van der Waals surface area contributed by atoms with Crippen LogP contribution >= 0.6 is 0 Å². The topological polar surface area (TPSA) is 95.6 Å². The number of hydrogen-bond acceptors (Lipinski definition) is 5. The van der Waals surface area contributed by atoms with E-state index in [4.69, 9.17) is 4.74 Å². The first-order valence-electron chi connectivity index (χ1n) is 10.2. The summed E-state index contributed by atoms with van der Waals surface area (Å²) < 4.78 is 4.80. The fraction of sp³-hybridized carbons (Fsp3) is 0.409. The molecule has 0 radical (unpaired) electrons. The van der Waals surface area contributed by atoms with Gasteiger partial charge in [0.1, 0.15) is 6.61 Å². The van der Waals surface area contributed by atoms with Gasteiger partial charge >= 0.3 is 6.03 Å². The summed E-state index contributed by atoms with van der Waals surface area (Å²) in [4.78, 5) is 30.5. The molecule has 0 atom stereocenters. The first kappa shape index (κ1) is 21.7. The summed E-state index contributed by atoms with van der Waals surface area (Å²) in [7, 11) is 1.47. The molecule has 0 unspecified atom stereocenters. The predicted molar refractivity (Wildman–Crippen MR) is 117 cm³/mol. The quantitative estimate of drug-likeness (QED) is 0.620. The van der Waals surface area contributed by atoms with Crippen LogP contribution in [0.4, 0.5) is 16.2 Å². The molecule has 0 saturated carbocycles. The summed E-state index contributed by atoms with van der Waals surface area (Å²) in [5.74, 6) is -0.241. The molecule has 1 fully saturated rings. The monoisotopic (exact) mass is 411 g/mol. The summed E-state index contributed by atoms with van der Waals surface area (Å²) in [6.45, 7) is 2.94. The van der Waals surface area contributed by atoms with Crippen molar-refractivity contribution in [2.75, 3.05) is 44.0 Å². The molecule has 30 heavy (non-hydrogen) atoms. The van der Waals surface area contributed by atoms with Gasteiger partial charge in [-0.25, -0.2) is 4.79 Å². The van der Waals surface area contributed by atoms with Gasteiger partial charge in [-0.05, 0) is 55.2 Å². The number of likely N-dealkylation sites (tertiary alicyclic amines) is 1. The number of nitrogens with one attached hydrogen (secondary N) is 3. The lowest BCUT2D eigenvalue weighted by Crippen LogP contribution is -2.46. The predicted octanol–water partition coefficient (Wildman–Crippen LogP) is 2.50. The van der Waals surface area contributed by atoms with Gasteiger partial charge in [0.05, 0.1) is 0 Å². The van der Waals surface area contributed by atoms with Crippen LogP contribution < -0.4 is 16.0 Å². The highest BCUT2D eigenvalue weighted by Crippen LogP contribution is 2.16. The Balaban J connectivity index is 1.39. The van der Waals surface area contributed by atoms with E-state index >= 15 is 0 Å². The van der Waals surface area contributed by atoms with Crippen LogP contribution in [0.5, 0.6) is 0 Å². The van der Waals surface area contributed by atoms with E-state index in [-0.39, 0.29) is 24.6 Å². The lowest BCUT2D eigenvalue weighted by Gasteiger charge is -2.32. The maximum Gasteiger partial charge on any atom is 0.319 e. The standard InChI is InChI=1S/C22H29N5O3/c1-30-16-21(28)24-19-3-2-4-20(15-19)26-22(29)25-18-8-13-27(14-9-18)12-7-17-5-10-23-11-6-17/h2-6,10-11,15,18H,7-9,12-14,16H2,1H3,(H,24,28)(H2,25,26,29). The van der Waals surface area contributed by atoms with Crippen molar-refractivity contribution < 1.29 is 14.3 Å².